The molecule has 1 saturated carbocycles. The molecule has 2 aromatic carbocycles. The van der Waals surface area contributed by atoms with Crippen molar-refractivity contribution in [3.8, 4) is 11.1 Å². The summed E-state index contributed by atoms with van der Waals surface area (Å²) >= 11 is 0. The summed E-state index contributed by atoms with van der Waals surface area (Å²) in [5.74, 6) is 1.78. The Kier molecular flexibility index (Phi) is 11.4. The SMILES string of the molecule is CCCCCCCCC1CCC(c2ccc(-c3ccc(CCCCCC)cc3)cc2)CC1. The van der Waals surface area contributed by atoms with Gasteiger partial charge in [0.2, 0.25) is 0 Å². The van der Waals surface area contributed by atoms with Crippen molar-refractivity contribution in [2.75, 3.05) is 0 Å². The van der Waals surface area contributed by atoms with Crippen LogP contribution in [0.2, 0.25) is 0 Å². The lowest BCUT2D eigenvalue weighted by molar-refractivity contribution is 0.302. The first kappa shape index (κ1) is 25.1. The largest absolute Gasteiger partial charge is 0.0654 e. The van der Waals surface area contributed by atoms with Crippen molar-refractivity contribution < 1.29 is 0 Å². The molecule has 0 N–H and O–H groups in total. The molecule has 0 bridgehead atoms. The molecule has 1 aliphatic rings. The highest BCUT2D eigenvalue weighted by Crippen LogP contribution is 2.38. The smallest absolute Gasteiger partial charge is 0.0162 e. The van der Waals surface area contributed by atoms with Crippen LogP contribution >= 0.6 is 0 Å². The minimum atomic E-state index is 0.787. The zero-order valence-electron chi connectivity index (χ0n) is 21.1. The normalized spacial score (nSPS) is 18.7. The van der Waals surface area contributed by atoms with Crippen LogP contribution in [-0.4, -0.2) is 0 Å². The maximum Gasteiger partial charge on any atom is -0.0162 e. The molecule has 0 spiro atoms. The Morgan fingerprint density at radius 3 is 1.72 bits per heavy atom. The molecule has 0 aliphatic heterocycles. The summed E-state index contributed by atoms with van der Waals surface area (Å²) < 4.78 is 0. The van der Waals surface area contributed by atoms with Gasteiger partial charge >= 0.3 is 0 Å². The molecule has 1 aliphatic carbocycles. The van der Waals surface area contributed by atoms with Crippen molar-refractivity contribution in [1.29, 1.82) is 0 Å². The lowest BCUT2D eigenvalue weighted by Crippen LogP contribution is -2.13. The standard InChI is InChI=1S/C32H48/c1-3-5-7-9-10-12-14-28-17-21-30(22-18-28)32-25-23-31(24-26-32)29-19-15-27(16-20-29)13-11-8-6-4-2/h15-16,19-20,23-26,28,30H,3-14,17-18,21-22H2,1-2H3. The van der Waals surface area contributed by atoms with E-state index in [0.717, 1.165) is 11.8 Å². The molecule has 2 aromatic rings. The Labute approximate surface area is 199 Å². The van der Waals surface area contributed by atoms with Gasteiger partial charge in [-0.3, -0.25) is 0 Å². The Hall–Kier alpha value is -1.56. The fraction of sp³-hybridized carbons (Fsp3) is 0.625. The van der Waals surface area contributed by atoms with E-state index >= 15 is 0 Å². The van der Waals surface area contributed by atoms with Crippen LogP contribution in [0.15, 0.2) is 48.5 Å². The molecule has 0 radical (unpaired) electrons. The average Bonchev–Trinajstić information content (AvgIpc) is 2.85. The fourth-order valence-electron chi connectivity index (χ4n) is 5.57. The first-order valence-corrected chi connectivity index (χ1v) is 14.0. The van der Waals surface area contributed by atoms with Gasteiger partial charge in [-0.05, 0) is 72.6 Å². The maximum absolute atomic E-state index is 2.41. The third-order valence-electron chi connectivity index (χ3n) is 7.80. The highest BCUT2D eigenvalue weighted by atomic mass is 14.3. The number of rotatable bonds is 14. The summed E-state index contributed by atoms with van der Waals surface area (Å²) in [5, 5.41) is 0. The topological polar surface area (TPSA) is 0 Å². The van der Waals surface area contributed by atoms with Crippen molar-refractivity contribution in [3.63, 3.8) is 0 Å². The third kappa shape index (κ3) is 8.42. The molecule has 0 atom stereocenters. The molecule has 3 rings (SSSR count). The van der Waals surface area contributed by atoms with E-state index in [2.05, 4.69) is 62.4 Å². The predicted molar refractivity (Wildman–Crippen MR) is 142 cm³/mol. The summed E-state index contributed by atoms with van der Waals surface area (Å²) in [7, 11) is 0. The monoisotopic (exact) mass is 432 g/mol. The summed E-state index contributed by atoms with van der Waals surface area (Å²) in [4.78, 5) is 0. The van der Waals surface area contributed by atoms with Crippen LogP contribution in [0.25, 0.3) is 11.1 Å². The molecule has 0 heteroatoms. The van der Waals surface area contributed by atoms with E-state index in [1.54, 1.807) is 5.56 Å². The van der Waals surface area contributed by atoms with Gasteiger partial charge in [-0.1, -0.05) is 127 Å². The second-order valence-electron chi connectivity index (χ2n) is 10.4. The first-order valence-electron chi connectivity index (χ1n) is 14.0. The maximum atomic E-state index is 2.41. The average molecular weight is 433 g/mol. The summed E-state index contributed by atoms with van der Waals surface area (Å²) in [6, 6.07) is 18.8. The lowest BCUT2D eigenvalue weighted by atomic mass is 9.77. The molecule has 0 unspecified atom stereocenters. The van der Waals surface area contributed by atoms with E-state index in [1.807, 2.05) is 0 Å². The molecule has 0 aromatic heterocycles. The summed E-state index contributed by atoms with van der Waals surface area (Å²) in [6.45, 7) is 4.58. The minimum Gasteiger partial charge on any atom is -0.0654 e. The molecule has 0 amide bonds. The van der Waals surface area contributed by atoms with Crippen LogP contribution in [0.4, 0.5) is 0 Å². The Morgan fingerprint density at radius 1 is 0.562 bits per heavy atom. The summed E-state index contributed by atoms with van der Waals surface area (Å²) in [6.07, 6.45) is 22.4. The lowest BCUT2D eigenvalue weighted by Gasteiger charge is -2.29. The number of hydrogen-bond donors (Lipinski definition) is 0. The van der Waals surface area contributed by atoms with Gasteiger partial charge in [0, 0.05) is 0 Å². The van der Waals surface area contributed by atoms with Gasteiger partial charge in [0.25, 0.3) is 0 Å². The van der Waals surface area contributed by atoms with E-state index < -0.39 is 0 Å². The van der Waals surface area contributed by atoms with E-state index in [9.17, 15) is 0 Å². The van der Waals surface area contributed by atoms with Crippen LogP contribution in [0, 0.1) is 5.92 Å². The van der Waals surface area contributed by atoms with Crippen LogP contribution in [0.1, 0.15) is 127 Å². The van der Waals surface area contributed by atoms with E-state index in [1.165, 1.54) is 119 Å². The van der Waals surface area contributed by atoms with Crippen LogP contribution in [0.5, 0.6) is 0 Å². The quantitative estimate of drug-likeness (QED) is 0.260. The molecule has 32 heavy (non-hydrogen) atoms. The molecule has 0 heterocycles. The number of aryl methyl sites for hydroxylation is 1. The van der Waals surface area contributed by atoms with Crippen LogP contribution in [0.3, 0.4) is 0 Å². The van der Waals surface area contributed by atoms with Crippen molar-refractivity contribution in [3.05, 3.63) is 59.7 Å². The number of hydrogen-bond acceptors (Lipinski definition) is 0. The van der Waals surface area contributed by atoms with Gasteiger partial charge in [-0.2, -0.15) is 0 Å². The zero-order valence-corrected chi connectivity index (χ0v) is 21.1. The van der Waals surface area contributed by atoms with Crippen molar-refractivity contribution in [2.24, 2.45) is 5.92 Å². The number of unbranched alkanes of at least 4 members (excludes halogenated alkanes) is 8. The van der Waals surface area contributed by atoms with Gasteiger partial charge in [-0.25, -0.2) is 0 Å². The highest BCUT2D eigenvalue weighted by Gasteiger charge is 2.22. The fourth-order valence-corrected chi connectivity index (χ4v) is 5.57. The molecule has 1 fully saturated rings. The van der Waals surface area contributed by atoms with Gasteiger partial charge in [0.15, 0.2) is 0 Å². The molecule has 176 valence electrons. The van der Waals surface area contributed by atoms with Crippen molar-refractivity contribution in [2.45, 2.75) is 122 Å². The van der Waals surface area contributed by atoms with Gasteiger partial charge in [0.1, 0.15) is 0 Å². The molecular weight excluding hydrogens is 384 g/mol. The molecule has 0 saturated heterocycles. The molecular formula is C32H48. The summed E-state index contributed by atoms with van der Waals surface area (Å²) in [5.41, 5.74) is 5.78. The highest BCUT2D eigenvalue weighted by molar-refractivity contribution is 5.64. The van der Waals surface area contributed by atoms with Crippen LogP contribution < -0.4 is 0 Å². The van der Waals surface area contributed by atoms with E-state index in [0.29, 0.717) is 0 Å². The van der Waals surface area contributed by atoms with E-state index in [-0.39, 0.29) is 0 Å². The van der Waals surface area contributed by atoms with Crippen molar-refractivity contribution in [1.82, 2.24) is 0 Å². The van der Waals surface area contributed by atoms with Crippen LogP contribution in [-0.2, 0) is 6.42 Å². The third-order valence-corrected chi connectivity index (χ3v) is 7.80. The predicted octanol–water partition coefficient (Wildman–Crippen LogP) is 10.5. The van der Waals surface area contributed by atoms with Gasteiger partial charge in [0.05, 0.1) is 0 Å². The minimum absolute atomic E-state index is 0.787. The number of benzene rings is 2. The van der Waals surface area contributed by atoms with Crippen molar-refractivity contribution >= 4 is 0 Å². The van der Waals surface area contributed by atoms with E-state index in [4.69, 9.17) is 0 Å². The van der Waals surface area contributed by atoms with Gasteiger partial charge in [-0.15, -0.1) is 0 Å². The second-order valence-corrected chi connectivity index (χ2v) is 10.4. The molecule has 0 nitrogen and oxygen atoms in total. The van der Waals surface area contributed by atoms with Gasteiger partial charge < -0.3 is 0 Å². The first-order chi connectivity index (χ1) is 15.8. The Morgan fingerprint density at radius 2 is 1.09 bits per heavy atom. The second kappa shape index (κ2) is 14.6. The Bertz CT molecular complexity index is 716. The Balaban J connectivity index is 1.40. The zero-order chi connectivity index (χ0) is 22.4.